The first-order valence-corrected chi connectivity index (χ1v) is 9.14. The highest BCUT2D eigenvalue weighted by Crippen LogP contribution is 2.44. The number of aromatic nitrogens is 3. The van der Waals surface area contributed by atoms with Gasteiger partial charge in [0, 0.05) is 21.8 Å². The first-order valence-electron chi connectivity index (χ1n) is 5.92. The van der Waals surface area contributed by atoms with Crippen LogP contribution in [-0.4, -0.2) is 14.8 Å². The SMILES string of the molecule is Cc1sc(Br)c(Br)c1-c1nnc(-n2c(C)ccc2C)s1. The van der Waals surface area contributed by atoms with E-state index in [1.807, 2.05) is 0 Å². The molecule has 104 valence electrons. The molecule has 3 heterocycles. The van der Waals surface area contributed by atoms with Gasteiger partial charge in [0.1, 0.15) is 0 Å². The van der Waals surface area contributed by atoms with E-state index in [1.165, 1.54) is 16.3 Å². The Morgan fingerprint density at radius 1 is 1.00 bits per heavy atom. The average molecular weight is 433 g/mol. The van der Waals surface area contributed by atoms with Crippen LogP contribution in [-0.2, 0) is 0 Å². The zero-order valence-corrected chi connectivity index (χ0v) is 15.9. The van der Waals surface area contributed by atoms with Gasteiger partial charge in [-0.25, -0.2) is 0 Å². The Hall–Kier alpha value is -0.500. The molecule has 0 aliphatic rings. The van der Waals surface area contributed by atoms with E-state index in [0.717, 1.165) is 24.0 Å². The molecular weight excluding hydrogens is 422 g/mol. The second-order valence-electron chi connectivity index (χ2n) is 4.46. The van der Waals surface area contributed by atoms with Crippen molar-refractivity contribution in [2.75, 3.05) is 0 Å². The highest BCUT2D eigenvalue weighted by Gasteiger charge is 2.19. The van der Waals surface area contributed by atoms with Crippen molar-refractivity contribution in [1.82, 2.24) is 14.8 Å². The number of hydrogen-bond donors (Lipinski definition) is 0. The van der Waals surface area contributed by atoms with Gasteiger partial charge >= 0.3 is 0 Å². The molecule has 3 aromatic heterocycles. The van der Waals surface area contributed by atoms with Crippen LogP contribution in [0.25, 0.3) is 15.7 Å². The minimum absolute atomic E-state index is 0.911. The minimum Gasteiger partial charge on any atom is -0.293 e. The number of halogens is 2. The summed E-state index contributed by atoms with van der Waals surface area (Å²) in [6.07, 6.45) is 0. The molecule has 3 aromatic rings. The van der Waals surface area contributed by atoms with Gasteiger partial charge in [-0.3, -0.25) is 4.57 Å². The summed E-state index contributed by atoms with van der Waals surface area (Å²) in [5.41, 5.74) is 3.48. The van der Waals surface area contributed by atoms with Gasteiger partial charge < -0.3 is 0 Å². The molecule has 0 bridgehead atoms. The molecule has 0 amide bonds. The van der Waals surface area contributed by atoms with Crippen LogP contribution in [0.2, 0.25) is 0 Å². The van der Waals surface area contributed by atoms with Crippen molar-refractivity contribution in [3.05, 3.63) is 36.7 Å². The molecule has 0 aliphatic heterocycles. The van der Waals surface area contributed by atoms with Crippen molar-refractivity contribution in [2.24, 2.45) is 0 Å². The molecular formula is C13H11Br2N3S2. The lowest BCUT2D eigenvalue weighted by molar-refractivity contribution is 0.913. The van der Waals surface area contributed by atoms with Crippen molar-refractivity contribution in [2.45, 2.75) is 20.8 Å². The molecule has 7 heteroatoms. The molecule has 3 nitrogen and oxygen atoms in total. The summed E-state index contributed by atoms with van der Waals surface area (Å²) in [5, 5.41) is 10.6. The summed E-state index contributed by atoms with van der Waals surface area (Å²) < 4.78 is 4.28. The van der Waals surface area contributed by atoms with Crippen LogP contribution in [0.5, 0.6) is 0 Å². The van der Waals surface area contributed by atoms with Crippen LogP contribution in [0.15, 0.2) is 20.4 Å². The predicted molar refractivity (Wildman–Crippen MR) is 92.2 cm³/mol. The normalized spacial score (nSPS) is 11.2. The van der Waals surface area contributed by atoms with Gasteiger partial charge in [0.25, 0.3) is 0 Å². The second kappa shape index (κ2) is 5.36. The van der Waals surface area contributed by atoms with Gasteiger partial charge in [0.2, 0.25) is 5.13 Å². The molecule has 0 saturated heterocycles. The lowest BCUT2D eigenvalue weighted by Gasteiger charge is -2.02. The fraction of sp³-hybridized carbons (Fsp3) is 0.231. The lowest BCUT2D eigenvalue weighted by Crippen LogP contribution is -1.97. The van der Waals surface area contributed by atoms with Crippen LogP contribution >= 0.6 is 54.5 Å². The molecule has 0 radical (unpaired) electrons. The third-order valence-electron chi connectivity index (χ3n) is 3.08. The summed E-state index contributed by atoms with van der Waals surface area (Å²) >= 11 is 10.5. The monoisotopic (exact) mass is 431 g/mol. The van der Waals surface area contributed by atoms with E-state index in [-0.39, 0.29) is 0 Å². The van der Waals surface area contributed by atoms with Gasteiger partial charge in [-0.05, 0) is 64.8 Å². The fourth-order valence-electron chi connectivity index (χ4n) is 2.10. The third-order valence-corrected chi connectivity index (χ3v) is 7.37. The van der Waals surface area contributed by atoms with Gasteiger partial charge in [-0.15, -0.1) is 21.5 Å². The number of thiophene rings is 1. The summed E-state index contributed by atoms with van der Waals surface area (Å²) in [7, 11) is 0. The van der Waals surface area contributed by atoms with E-state index < -0.39 is 0 Å². The zero-order chi connectivity index (χ0) is 14.4. The highest BCUT2D eigenvalue weighted by molar-refractivity contribution is 9.13. The topological polar surface area (TPSA) is 30.7 Å². The first kappa shape index (κ1) is 14.4. The Balaban J connectivity index is 2.11. The molecule has 0 unspecified atom stereocenters. The quantitative estimate of drug-likeness (QED) is 0.534. The minimum atomic E-state index is 0.911. The standard InChI is InChI=1S/C13H11Br2N3S2/c1-6-4-5-7(2)18(6)13-17-16-12(20-13)9-8(3)19-11(15)10(9)14/h4-5H,1-3H3. The lowest BCUT2D eigenvalue weighted by atomic mass is 10.3. The van der Waals surface area contributed by atoms with E-state index in [9.17, 15) is 0 Å². The van der Waals surface area contributed by atoms with Crippen molar-refractivity contribution >= 4 is 54.5 Å². The smallest absolute Gasteiger partial charge is 0.217 e. The van der Waals surface area contributed by atoms with Crippen LogP contribution in [0.3, 0.4) is 0 Å². The van der Waals surface area contributed by atoms with E-state index in [1.54, 1.807) is 22.7 Å². The maximum absolute atomic E-state index is 4.36. The van der Waals surface area contributed by atoms with Crippen LogP contribution < -0.4 is 0 Å². The molecule has 0 N–H and O–H groups in total. The molecule has 20 heavy (non-hydrogen) atoms. The Labute approximate surface area is 141 Å². The van der Waals surface area contributed by atoms with Crippen LogP contribution in [0, 0.1) is 20.8 Å². The summed E-state index contributed by atoms with van der Waals surface area (Å²) in [5.74, 6) is 0. The maximum Gasteiger partial charge on any atom is 0.217 e. The number of aryl methyl sites for hydroxylation is 3. The molecule has 0 saturated carbocycles. The number of rotatable bonds is 2. The van der Waals surface area contributed by atoms with Crippen molar-refractivity contribution in [1.29, 1.82) is 0 Å². The van der Waals surface area contributed by atoms with Gasteiger partial charge in [-0.1, -0.05) is 11.3 Å². The van der Waals surface area contributed by atoms with Crippen molar-refractivity contribution in [3.8, 4) is 15.7 Å². The highest BCUT2D eigenvalue weighted by atomic mass is 79.9. The maximum atomic E-state index is 4.36. The second-order valence-corrected chi connectivity index (χ2v) is 8.75. The Kier molecular flexibility index (Phi) is 3.87. The predicted octanol–water partition coefficient (Wildman–Crippen LogP) is 5.51. The first-order chi connectivity index (χ1) is 9.49. The van der Waals surface area contributed by atoms with Crippen molar-refractivity contribution in [3.63, 3.8) is 0 Å². The molecule has 0 atom stereocenters. The Morgan fingerprint density at radius 2 is 1.65 bits per heavy atom. The zero-order valence-electron chi connectivity index (χ0n) is 11.1. The molecule has 3 rings (SSSR count). The van der Waals surface area contributed by atoms with E-state index >= 15 is 0 Å². The molecule has 0 aliphatic carbocycles. The number of nitrogens with zero attached hydrogens (tertiary/aromatic N) is 3. The summed E-state index contributed by atoms with van der Waals surface area (Å²) in [6.45, 7) is 6.26. The van der Waals surface area contributed by atoms with Crippen LogP contribution in [0.1, 0.15) is 16.3 Å². The third kappa shape index (κ3) is 2.30. The summed E-state index contributed by atoms with van der Waals surface area (Å²) in [6, 6.07) is 4.19. The molecule has 0 fully saturated rings. The summed E-state index contributed by atoms with van der Waals surface area (Å²) in [4.78, 5) is 1.23. The fourth-order valence-corrected chi connectivity index (χ4v) is 5.92. The molecule has 0 spiro atoms. The van der Waals surface area contributed by atoms with Gasteiger partial charge in [0.05, 0.1) is 8.26 Å². The van der Waals surface area contributed by atoms with E-state index in [0.29, 0.717) is 0 Å². The average Bonchev–Trinajstić information content (AvgIpc) is 3.02. The van der Waals surface area contributed by atoms with Crippen LogP contribution in [0.4, 0.5) is 0 Å². The van der Waals surface area contributed by atoms with E-state index in [4.69, 9.17) is 0 Å². The number of hydrogen-bond acceptors (Lipinski definition) is 4. The molecule has 0 aromatic carbocycles. The van der Waals surface area contributed by atoms with Gasteiger partial charge in [0.15, 0.2) is 5.01 Å². The van der Waals surface area contributed by atoms with Gasteiger partial charge in [-0.2, -0.15) is 0 Å². The largest absolute Gasteiger partial charge is 0.293 e. The van der Waals surface area contributed by atoms with Crippen molar-refractivity contribution < 1.29 is 0 Å². The van der Waals surface area contributed by atoms with E-state index in [2.05, 4.69) is 79.5 Å². The Bertz CT molecular complexity index is 766. The Morgan fingerprint density at radius 3 is 2.20 bits per heavy atom.